The molecule has 3 heterocycles. The van der Waals surface area contributed by atoms with Gasteiger partial charge in [-0.05, 0) is 35.7 Å². The zero-order chi connectivity index (χ0) is 17.3. The van der Waals surface area contributed by atoms with Gasteiger partial charge in [0.15, 0.2) is 5.82 Å². The average molecular weight is 356 g/mol. The van der Waals surface area contributed by atoms with Crippen LogP contribution in [0.2, 0.25) is 0 Å². The Morgan fingerprint density at radius 3 is 2.54 bits per heavy atom. The van der Waals surface area contributed by atoms with E-state index in [4.69, 9.17) is 4.74 Å². The molecule has 5 aromatic rings. The second-order valence-corrected chi connectivity index (χ2v) is 6.60. The molecule has 0 atom stereocenters. The summed E-state index contributed by atoms with van der Waals surface area (Å²) in [6, 6.07) is 17.5. The normalized spacial score (nSPS) is 11.1. The number of fused-ring (bicyclic) bond motifs is 2. The van der Waals surface area contributed by atoms with Crippen LogP contribution in [0.15, 0.2) is 72.4 Å². The summed E-state index contributed by atoms with van der Waals surface area (Å²) in [4.78, 5) is 18.9. The Hall–Kier alpha value is -3.38. The van der Waals surface area contributed by atoms with Gasteiger partial charge in [0.25, 0.3) is 0 Å². The number of hydrogen-bond acceptors (Lipinski definition) is 6. The van der Waals surface area contributed by atoms with Crippen molar-refractivity contribution < 1.29 is 4.74 Å². The van der Waals surface area contributed by atoms with Gasteiger partial charge in [-0.3, -0.25) is 9.97 Å². The molecule has 0 aliphatic rings. The van der Waals surface area contributed by atoms with Crippen molar-refractivity contribution in [2.24, 2.45) is 0 Å². The van der Waals surface area contributed by atoms with Gasteiger partial charge in [0, 0.05) is 18.5 Å². The van der Waals surface area contributed by atoms with E-state index in [1.165, 1.54) is 0 Å². The van der Waals surface area contributed by atoms with Crippen LogP contribution in [0.1, 0.15) is 0 Å². The summed E-state index contributed by atoms with van der Waals surface area (Å²) in [6.45, 7) is 0. The molecule has 0 spiro atoms. The summed E-state index contributed by atoms with van der Waals surface area (Å²) in [5, 5.41) is 2.88. The standard InChI is InChI=1S/C20H12N4OS/c1-2-5-15-14(4-1)20(24-19(23-15)18-6-3-11-26-18)25-13-7-8-16-17(12-13)22-10-9-21-16/h1-12H. The monoisotopic (exact) mass is 356 g/mol. The number of ether oxygens (including phenoxy) is 1. The Bertz CT molecular complexity index is 1220. The second-order valence-electron chi connectivity index (χ2n) is 5.66. The maximum Gasteiger partial charge on any atom is 0.230 e. The predicted octanol–water partition coefficient (Wildman–Crippen LogP) is 5.09. The molecule has 0 N–H and O–H groups in total. The van der Waals surface area contributed by atoms with E-state index in [9.17, 15) is 0 Å². The third-order valence-corrected chi connectivity index (χ3v) is 4.83. The van der Waals surface area contributed by atoms with E-state index in [0.29, 0.717) is 17.5 Å². The van der Waals surface area contributed by atoms with Crippen molar-refractivity contribution in [1.82, 2.24) is 19.9 Å². The number of aromatic nitrogens is 4. The van der Waals surface area contributed by atoms with Crippen LogP contribution >= 0.6 is 11.3 Å². The molecule has 0 amide bonds. The zero-order valence-corrected chi connectivity index (χ0v) is 14.4. The van der Waals surface area contributed by atoms with Crippen molar-refractivity contribution >= 4 is 33.3 Å². The smallest absolute Gasteiger partial charge is 0.230 e. The minimum Gasteiger partial charge on any atom is -0.438 e. The lowest BCUT2D eigenvalue weighted by Crippen LogP contribution is -1.95. The van der Waals surface area contributed by atoms with Crippen molar-refractivity contribution in [3.8, 4) is 22.3 Å². The summed E-state index contributed by atoms with van der Waals surface area (Å²) in [5.74, 6) is 1.86. The number of nitrogens with zero attached hydrogens (tertiary/aromatic N) is 4. The Morgan fingerprint density at radius 2 is 1.65 bits per heavy atom. The number of para-hydroxylation sites is 1. The molecule has 0 saturated carbocycles. The van der Waals surface area contributed by atoms with Gasteiger partial charge >= 0.3 is 0 Å². The van der Waals surface area contributed by atoms with Gasteiger partial charge in [0.1, 0.15) is 5.75 Å². The van der Waals surface area contributed by atoms with Gasteiger partial charge in [-0.25, -0.2) is 4.98 Å². The van der Waals surface area contributed by atoms with Crippen molar-refractivity contribution in [2.75, 3.05) is 0 Å². The van der Waals surface area contributed by atoms with Crippen LogP contribution in [-0.2, 0) is 0 Å². The van der Waals surface area contributed by atoms with E-state index in [-0.39, 0.29) is 0 Å². The molecule has 26 heavy (non-hydrogen) atoms. The first-order valence-corrected chi connectivity index (χ1v) is 8.94. The first-order chi connectivity index (χ1) is 12.9. The lowest BCUT2D eigenvalue weighted by atomic mass is 10.2. The molecule has 0 bridgehead atoms. The first-order valence-electron chi connectivity index (χ1n) is 8.06. The third-order valence-electron chi connectivity index (χ3n) is 3.97. The Labute approximate surface area is 153 Å². The van der Waals surface area contributed by atoms with Crippen LogP contribution in [0.5, 0.6) is 11.6 Å². The molecule has 0 fully saturated rings. The fourth-order valence-corrected chi connectivity index (χ4v) is 3.42. The number of thiophene rings is 1. The van der Waals surface area contributed by atoms with Gasteiger partial charge < -0.3 is 4.74 Å². The van der Waals surface area contributed by atoms with E-state index >= 15 is 0 Å². The maximum atomic E-state index is 6.12. The topological polar surface area (TPSA) is 60.8 Å². The molecule has 0 aliphatic heterocycles. The van der Waals surface area contributed by atoms with E-state index in [1.54, 1.807) is 23.7 Å². The third kappa shape index (κ3) is 2.66. The molecule has 5 rings (SSSR count). The van der Waals surface area contributed by atoms with E-state index in [2.05, 4.69) is 19.9 Å². The van der Waals surface area contributed by atoms with Gasteiger partial charge in [-0.1, -0.05) is 18.2 Å². The van der Waals surface area contributed by atoms with Crippen LogP contribution in [-0.4, -0.2) is 19.9 Å². The highest BCUT2D eigenvalue weighted by molar-refractivity contribution is 7.13. The van der Waals surface area contributed by atoms with Crippen molar-refractivity contribution in [1.29, 1.82) is 0 Å². The van der Waals surface area contributed by atoms with Crippen LogP contribution in [0, 0.1) is 0 Å². The maximum absolute atomic E-state index is 6.12. The lowest BCUT2D eigenvalue weighted by Gasteiger charge is -2.10. The average Bonchev–Trinajstić information content (AvgIpc) is 3.23. The first kappa shape index (κ1) is 14.9. The molecule has 0 radical (unpaired) electrons. The van der Waals surface area contributed by atoms with E-state index in [0.717, 1.165) is 26.8 Å². The van der Waals surface area contributed by atoms with Gasteiger partial charge in [-0.2, -0.15) is 4.98 Å². The number of rotatable bonds is 3. The summed E-state index contributed by atoms with van der Waals surface area (Å²) >= 11 is 1.60. The molecule has 2 aromatic carbocycles. The van der Waals surface area contributed by atoms with Crippen molar-refractivity contribution in [3.63, 3.8) is 0 Å². The lowest BCUT2D eigenvalue weighted by molar-refractivity contribution is 0.469. The molecule has 0 saturated heterocycles. The fraction of sp³-hybridized carbons (Fsp3) is 0. The highest BCUT2D eigenvalue weighted by atomic mass is 32.1. The van der Waals surface area contributed by atoms with Gasteiger partial charge in [-0.15, -0.1) is 11.3 Å². The Kier molecular flexibility index (Phi) is 3.54. The summed E-state index contributed by atoms with van der Waals surface area (Å²) in [7, 11) is 0. The fourth-order valence-electron chi connectivity index (χ4n) is 2.76. The molecular formula is C20H12N4OS. The quantitative estimate of drug-likeness (QED) is 0.450. The van der Waals surface area contributed by atoms with Crippen LogP contribution in [0.4, 0.5) is 0 Å². The molecule has 0 unspecified atom stereocenters. The molecule has 3 aromatic heterocycles. The second kappa shape index (κ2) is 6.16. The van der Waals surface area contributed by atoms with Gasteiger partial charge in [0.05, 0.1) is 26.8 Å². The zero-order valence-electron chi connectivity index (χ0n) is 13.5. The minimum absolute atomic E-state index is 0.530. The van der Waals surface area contributed by atoms with Crippen molar-refractivity contribution in [3.05, 3.63) is 72.4 Å². The minimum atomic E-state index is 0.530. The summed E-state index contributed by atoms with van der Waals surface area (Å²) in [6.07, 6.45) is 3.34. The number of benzene rings is 2. The molecule has 6 heteroatoms. The summed E-state index contributed by atoms with van der Waals surface area (Å²) < 4.78 is 6.12. The molecule has 5 nitrogen and oxygen atoms in total. The SMILES string of the molecule is c1csc(-c2nc(Oc3ccc4nccnc4c3)c3ccccc3n2)c1. The van der Waals surface area contributed by atoms with Crippen LogP contribution < -0.4 is 4.74 Å². The predicted molar refractivity (Wildman–Crippen MR) is 102 cm³/mol. The molecule has 124 valence electrons. The van der Waals surface area contributed by atoms with Crippen LogP contribution in [0.3, 0.4) is 0 Å². The highest BCUT2D eigenvalue weighted by Crippen LogP contribution is 2.32. The Morgan fingerprint density at radius 1 is 0.769 bits per heavy atom. The number of hydrogen-bond donors (Lipinski definition) is 0. The van der Waals surface area contributed by atoms with Crippen LogP contribution in [0.25, 0.3) is 32.6 Å². The molecular weight excluding hydrogens is 344 g/mol. The van der Waals surface area contributed by atoms with Crippen molar-refractivity contribution in [2.45, 2.75) is 0 Å². The Balaban J connectivity index is 1.64. The van der Waals surface area contributed by atoms with Gasteiger partial charge in [0.2, 0.25) is 5.88 Å². The largest absolute Gasteiger partial charge is 0.438 e. The highest BCUT2D eigenvalue weighted by Gasteiger charge is 2.12. The van der Waals surface area contributed by atoms with E-state index in [1.807, 2.05) is 60.0 Å². The summed E-state index contributed by atoms with van der Waals surface area (Å²) in [5.41, 5.74) is 2.45. The van der Waals surface area contributed by atoms with E-state index < -0.39 is 0 Å². The molecule has 0 aliphatic carbocycles.